The Kier molecular flexibility index (Phi) is 5.40. The largest absolute Gasteiger partial charge is 0.361 e. The number of hydrazone groups is 1. The number of hydrogen-bond donors (Lipinski definition) is 4. The van der Waals surface area contributed by atoms with E-state index in [2.05, 4.69) is 41.1 Å². The molecule has 4 N–H and O–H groups in total. The van der Waals surface area contributed by atoms with E-state index in [1.54, 1.807) is 6.21 Å². The monoisotopic (exact) mass is 420 g/mol. The normalized spacial score (nSPS) is 11.0. The van der Waals surface area contributed by atoms with Crippen LogP contribution in [0.3, 0.4) is 0 Å². The lowest BCUT2D eigenvalue weighted by molar-refractivity contribution is 1.04. The summed E-state index contributed by atoms with van der Waals surface area (Å²) in [6.45, 7) is 0. The van der Waals surface area contributed by atoms with E-state index in [1.165, 1.54) is 0 Å². The molecular weight excluding hydrogens is 400 g/mol. The topological polar surface area (TPSA) is 103 Å². The van der Waals surface area contributed by atoms with Gasteiger partial charge in [0.25, 0.3) is 0 Å². The van der Waals surface area contributed by atoms with Gasteiger partial charge in [-0.3, -0.25) is 0 Å². The average molecular weight is 420 g/mol. The maximum atomic E-state index is 4.48. The van der Waals surface area contributed by atoms with Crippen molar-refractivity contribution in [3.8, 4) is 0 Å². The number of H-pyrrole nitrogens is 1. The van der Waals surface area contributed by atoms with E-state index in [-0.39, 0.29) is 0 Å². The Hall–Kier alpha value is -4.72. The number of aromatic amines is 1. The van der Waals surface area contributed by atoms with Crippen LogP contribution in [0.5, 0.6) is 0 Å². The molecule has 8 nitrogen and oxygen atoms in total. The molecule has 2 aromatic heterocycles. The minimum atomic E-state index is 0.313. The molecule has 0 aliphatic rings. The first-order valence-electron chi connectivity index (χ1n) is 10.1. The second-order valence-corrected chi connectivity index (χ2v) is 6.95. The van der Waals surface area contributed by atoms with Gasteiger partial charge >= 0.3 is 0 Å². The summed E-state index contributed by atoms with van der Waals surface area (Å²) >= 11 is 0. The van der Waals surface area contributed by atoms with Gasteiger partial charge in [-0.1, -0.05) is 54.6 Å². The number of nitrogens with one attached hydrogen (secondary N) is 4. The number of rotatable bonds is 7. The molecule has 0 radical (unpaired) electrons. The molecule has 2 heterocycles. The summed E-state index contributed by atoms with van der Waals surface area (Å²) in [7, 11) is 0. The molecule has 0 spiro atoms. The van der Waals surface area contributed by atoms with Crippen molar-refractivity contribution in [3.63, 3.8) is 0 Å². The Morgan fingerprint density at radius 1 is 0.656 bits per heavy atom. The Labute approximate surface area is 184 Å². The molecule has 0 unspecified atom stereocenters. The second-order valence-electron chi connectivity index (χ2n) is 6.95. The summed E-state index contributed by atoms with van der Waals surface area (Å²) in [6, 6.07) is 27.5. The summed E-state index contributed by atoms with van der Waals surface area (Å²) in [5.41, 5.74) is 6.68. The molecule has 5 rings (SSSR count). The summed E-state index contributed by atoms with van der Waals surface area (Å²) in [5.74, 6) is 1.11. The highest BCUT2D eigenvalue weighted by atomic mass is 15.4. The Bertz CT molecular complexity index is 1290. The molecule has 0 aliphatic heterocycles. The van der Waals surface area contributed by atoms with Crippen molar-refractivity contribution in [2.45, 2.75) is 0 Å². The van der Waals surface area contributed by atoms with Gasteiger partial charge in [-0.25, -0.2) is 5.43 Å². The molecule has 0 saturated heterocycles. The standard InChI is InChI=1S/C24H20N8/c1-3-9-18(10-4-1)27-22-29-23(28-19-11-5-2-6-12-19)31-24(30-22)32-26-16-17-15-25-21-14-8-7-13-20(17)21/h1-16,25H,(H3,27,28,29,30,31,32)/b26-16+. The highest BCUT2D eigenvalue weighted by molar-refractivity contribution is 5.99. The van der Waals surface area contributed by atoms with Crippen LogP contribution in [0, 0.1) is 0 Å². The number of fused-ring (bicyclic) bond motifs is 1. The summed E-state index contributed by atoms with van der Waals surface area (Å²) < 4.78 is 0. The highest BCUT2D eigenvalue weighted by Gasteiger charge is 2.08. The minimum Gasteiger partial charge on any atom is -0.361 e. The molecule has 3 aromatic carbocycles. The van der Waals surface area contributed by atoms with E-state index >= 15 is 0 Å². The Morgan fingerprint density at radius 3 is 1.88 bits per heavy atom. The molecule has 0 saturated carbocycles. The van der Waals surface area contributed by atoms with Crippen LogP contribution in [0.15, 0.2) is 96.2 Å². The van der Waals surface area contributed by atoms with Gasteiger partial charge in [0.2, 0.25) is 17.8 Å². The van der Waals surface area contributed by atoms with Crippen LogP contribution >= 0.6 is 0 Å². The van der Waals surface area contributed by atoms with Crippen LogP contribution in [0.4, 0.5) is 29.2 Å². The number of aromatic nitrogens is 4. The molecule has 5 aromatic rings. The number of nitrogens with zero attached hydrogens (tertiary/aromatic N) is 4. The first-order valence-corrected chi connectivity index (χ1v) is 10.1. The first-order chi connectivity index (χ1) is 15.8. The molecule has 0 aliphatic carbocycles. The van der Waals surface area contributed by atoms with Gasteiger partial charge in [-0.2, -0.15) is 20.1 Å². The number of hydrogen-bond acceptors (Lipinski definition) is 7. The number of anilines is 5. The predicted molar refractivity (Wildman–Crippen MR) is 129 cm³/mol. The predicted octanol–water partition coefficient (Wildman–Crippen LogP) is 5.29. The second kappa shape index (κ2) is 8.97. The Morgan fingerprint density at radius 2 is 1.22 bits per heavy atom. The zero-order chi connectivity index (χ0) is 21.6. The highest BCUT2D eigenvalue weighted by Crippen LogP contribution is 2.19. The SMILES string of the molecule is C(=N\Nc1nc(Nc2ccccc2)nc(Nc2ccccc2)n1)/c1c[nH]c2ccccc12. The zero-order valence-electron chi connectivity index (χ0n) is 17.0. The third-order valence-electron chi connectivity index (χ3n) is 4.68. The lowest BCUT2D eigenvalue weighted by atomic mass is 10.2. The van der Waals surface area contributed by atoms with E-state index < -0.39 is 0 Å². The molecular formula is C24H20N8. The lowest BCUT2D eigenvalue weighted by Gasteiger charge is -2.10. The summed E-state index contributed by atoms with van der Waals surface area (Å²) in [6.07, 6.45) is 3.64. The minimum absolute atomic E-state index is 0.313. The smallest absolute Gasteiger partial charge is 0.250 e. The third-order valence-corrected chi connectivity index (χ3v) is 4.68. The van der Waals surface area contributed by atoms with E-state index in [9.17, 15) is 0 Å². The van der Waals surface area contributed by atoms with Crippen molar-refractivity contribution < 1.29 is 0 Å². The summed E-state index contributed by atoms with van der Waals surface area (Å²) in [5, 5.41) is 11.8. The quantitative estimate of drug-likeness (QED) is 0.211. The molecule has 0 bridgehead atoms. The van der Waals surface area contributed by atoms with Crippen molar-refractivity contribution in [2.75, 3.05) is 16.1 Å². The Balaban J connectivity index is 1.40. The zero-order valence-corrected chi connectivity index (χ0v) is 17.0. The van der Waals surface area contributed by atoms with Gasteiger partial charge < -0.3 is 15.6 Å². The number of benzene rings is 3. The lowest BCUT2D eigenvalue weighted by Crippen LogP contribution is -2.07. The molecule has 0 atom stereocenters. The fraction of sp³-hybridized carbons (Fsp3) is 0. The van der Waals surface area contributed by atoms with Crippen molar-refractivity contribution in [1.29, 1.82) is 0 Å². The van der Waals surface area contributed by atoms with Crippen molar-refractivity contribution in [1.82, 2.24) is 19.9 Å². The van der Waals surface area contributed by atoms with Crippen LogP contribution in [-0.4, -0.2) is 26.2 Å². The van der Waals surface area contributed by atoms with Gasteiger partial charge in [0.15, 0.2) is 0 Å². The molecule has 0 fully saturated rings. The first kappa shape index (κ1) is 19.3. The maximum Gasteiger partial charge on any atom is 0.250 e. The van der Waals surface area contributed by atoms with Crippen molar-refractivity contribution in [2.24, 2.45) is 5.10 Å². The van der Waals surface area contributed by atoms with Crippen molar-refractivity contribution in [3.05, 3.63) is 96.7 Å². The van der Waals surface area contributed by atoms with E-state index in [1.807, 2.05) is 91.1 Å². The molecule has 8 heteroatoms. The molecule has 32 heavy (non-hydrogen) atoms. The van der Waals surface area contributed by atoms with Gasteiger partial charge in [0.1, 0.15) is 0 Å². The average Bonchev–Trinajstić information content (AvgIpc) is 3.23. The fourth-order valence-corrected chi connectivity index (χ4v) is 3.20. The van der Waals surface area contributed by atoms with Crippen LogP contribution < -0.4 is 16.1 Å². The van der Waals surface area contributed by atoms with E-state index in [0.717, 1.165) is 27.8 Å². The van der Waals surface area contributed by atoms with Crippen LogP contribution in [0.2, 0.25) is 0 Å². The molecule has 156 valence electrons. The fourth-order valence-electron chi connectivity index (χ4n) is 3.20. The van der Waals surface area contributed by atoms with Gasteiger partial charge in [0, 0.05) is 34.0 Å². The molecule has 0 amide bonds. The van der Waals surface area contributed by atoms with Gasteiger partial charge in [-0.05, 0) is 30.3 Å². The van der Waals surface area contributed by atoms with Gasteiger partial charge in [0.05, 0.1) is 6.21 Å². The summed E-state index contributed by atoms with van der Waals surface area (Å²) in [4.78, 5) is 16.6. The van der Waals surface area contributed by atoms with E-state index in [4.69, 9.17) is 0 Å². The van der Waals surface area contributed by atoms with Crippen LogP contribution in [0.25, 0.3) is 10.9 Å². The number of para-hydroxylation sites is 3. The van der Waals surface area contributed by atoms with Crippen molar-refractivity contribution >= 4 is 46.3 Å². The maximum absolute atomic E-state index is 4.48. The van der Waals surface area contributed by atoms with Gasteiger partial charge in [-0.15, -0.1) is 0 Å². The third kappa shape index (κ3) is 4.54. The van der Waals surface area contributed by atoms with E-state index in [0.29, 0.717) is 17.8 Å². The van der Waals surface area contributed by atoms with Crippen LogP contribution in [0.1, 0.15) is 5.56 Å². The van der Waals surface area contributed by atoms with Crippen LogP contribution in [-0.2, 0) is 0 Å².